The molecule has 0 saturated heterocycles. The second-order valence-electron chi connectivity index (χ2n) is 7.79. The quantitative estimate of drug-likeness (QED) is 0.413. The van der Waals surface area contributed by atoms with Crippen LogP contribution in [0.25, 0.3) is 22.5 Å². The van der Waals surface area contributed by atoms with Gasteiger partial charge in [-0.3, -0.25) is 4.98 Å². The van der Waals surface area contributed by atoms with Gasteiger partial charge in [-0.25, -0.2) is 4.98 Å². The number of benzene rings is 2. The van der Waals surface area contributed by atoms with Gasteiger partial charge in [0.15, 0.2) is 0 Å². The molecule has 0 aliphatic heterocycles. The minimum absolute atomic E-state index is 0.0698. The van der Waals surface area contributed by atoms with Crippen molar-refractivity contribution < 1.29 is 9.47 Å². The summed E-state index contributed by atoms with van der Waals surface area (Å²) in [5.41, 5.74) is 3.90. The predicted molar refractivity (Wildman–Crippen MR) is 127 cm³/mol. The number of hydrogen-bond donors (Lipinski definition) is 0. The van der Waals surface area contributed by atoms with Gasteiger partial charge in [0.1, 0.15) is 5.82 Å². The van der Waals surface area contributed by atoms with Crippen molar-refractivity contribution in [2.75, 3.05) is 31.3 Å². The predicted octanol–water partition coefficient (Wildman–Crippen LogP) is 5.47. The minimum Gasteiger partial charge on any atom is -0.379 e. The van der Waals surface area contributed by atoms with E-state index in [9.17, 15) is 0 Å². The molecule has 1 aromatic heterocycles. The standard InChI is InChI=1S/C26H33N3O2/c1-5-30-19-21(4)31-17-16-29(20(2)3)24-18-27-25(22-12-8-6-9-13-22)26(28-24)23-14-10-7-11-15-23/h6-15,18,20-21H,5,16-17,19H2,1-4H3. The summed E-state index contributed by atoms with van der Waals surface area (Å²) in [5, 5.41) is 0. The van der Waals surface area contributed by atoms with Crippen LogP contribution in [0.1, 0.15) is 27.7 Å². The zero-order valence-corrected chi connectivity index (χ0v) is 19.0. The maximum Gasteiger partial charge on any atom is 0.148 e. The van der Waals surface area contributed by atoms with E-state index in [4.69, 9.17) is 19.4 Å². The van der Waals surface area contributed by atoms with E-state index in [1.807, 2.05) is 56.4 Å². The molecule has 164 valence electrons. The number of ether oxygens (including phenoxy) is 2. The molecule has 1 atom stereocenters. The van der Waals surface area contributed by atoms with Crippen LogP contribution >= 0.6 is 0 Å². The van der Waals surface area contributed by atoms with Gasteiger partial charge >= 0.3 is 0 Å². The molecular weight excluding hydrogens is 386 g/mol. The van der Waals surface area contributed by atoms with Crippen molar-refractivity contribution in [3.63, 3.8) is 0 Å². The normalized spacial score (nSPS) is 12.2. The number of anilines is 1. The molecule has 0 aliphatic carbocycles. The first-order valence-corrected chi connectivity index (χ1v) is 11.0. The summed E-state index contributed by atoms with van der Waals surface area (Å²) < 4.78 is 11.4. The molecule has 0 radical (unpaired) electrons. The van der Waals surface area contributed by atoms with E-state index in [-0.39, 0.29) is 12.1 Å². The summed E-state index contributed by atoms with van der Waals surface area (Å²) in [6.07, 6.45) is 1.94. The molecule has 0 bridgehead atoms. The lowest BCUT2D eigenvalue weighted by Crippen LogP contribution is -2.35. The molecule has 0 spiro atoms. The third-order valence-corrected chi connectivity index (χ3v) is 5.06. The Morgan fingerprint density at radius 2 is 1.48 bits per heavy atom. The second kappa shape index (κ2) is 11.6. The maximum atomic E-state index is 5.94. The molecular formula is C26H33N3O2. The van der Waals surface area contributed by atoms with Crippen LogP contribution < -0.4 is 4.90 Å². The lowest BCUT2D eigenvalue weighted by molar-refractivity contribution is -0.000719. The third kappa shape index (κ3) is 6.36. The van der Waals surface area contributed by atoms with Gasteiger partial charge in [-0.1, -0.05) is 60.7 Å². The molecule has 0 aliphatic rings. The minimum atomic E-state index is 0.0698. The summed E-state index contributed by atoms with van der Waals surface area (Å²) >= 11 is 0. The van der Waals surface area contributed by atoms with Crippen LogP contribution in [0.5, 0.6) is 0 Å². The molecule has 0 fully saturated rings. The third-order valence-electron chi connectivity index (χ3n) is 5.06. The molecule has 3 aromatic rings. The Bertz CT molecular complexity index is 916. The van der Waals surface area contributed by atoms with Gasteiger partial charge in [0.05, 0.1) is 36.9 Å². The van der Waals surface area contributed by atoms with E-state index < -0.39 is 0 Å². The molecule has 1 heterocycles. The number of aromatic nitrogens is 2. The van der Waals surface area contributed by atoms with Crippen molar-refractivity contribution in [1.82, 2.24) is 9.97 Å². The lowest BCUT2D eigenvalue weighted by atomic mass is 10.0. The largest absolute Gasteiger partial charge is 0.379 e. The lowest BCUT2D eigenvalue weighted by Gasteiger charge is -2.29. The van der Waals surface area contributed by atoms with Crippen LogP contribution in [-0.2, 0) is 9.47 Å². The molecule has 31 heavy (non-hydrogen) atoms. The summed E-state index contributed by atoms with van der Waals surface area (Å²) in [6.45, 7) is 11.0. The zero-order valence-electron chi connectivity index (χ0n) is 19.0. The van der Waals surface area contributed by atoms with Crippen molar-refractivity contribution in [2.24, 2.45) is 0 Å². The van der Waals surface area contributed by atoms with E-state index in [1.54, 1.807) is 0 Å². The van der Waals surface area contributed by atoms with Gasteiger partial charge in [0.25, 0.3) is 0 Å². The Balaban J connectivity index is 1.87. The molecule has 0 saturated carbocycles. The highest BCUT2D eigenvalue weighted by Crippen LogP contribution is 2.30. The van der Waals surface area contributed by atoms with Crippen LogP contribution in [0.15, 0.2) is 66.9 Å². The van der Waals surface area contributed by atoms with Gasteiger partial charge in [-0.2, -0.15) is 0 Å². The van der Waals surface area contributed by atoms with Crippen LogP contribution in [0.4, 0.5) is 5.82 Å². The first-order valence-electron chi connectivity index (χ1n) is 11.0. The van der Waals surface area contributed by atoms with Crippen molar-refractivity contribution in [3.8, 4) is 22.5 Å². The summed E-state index contributed by atoms with van der Waals surface area (Å²) in [6, 6.07) is 20.7. The summed E-state index contributed by atoms with van der Waals surface area (Å²) in [7, 11) is 0. The van der Waals surface area contributed by atoms with Crippen molar-refractivity contribution in [2.45, 2.75) is 39.8 Å². The van der Waals surface area contributed by atoms with E-state index in [0.29, 0.717) is 19.8 Å². The van der Waals surface area contributed by atoms with Crippen LogP contribution in [0.3, 0.4) is 0 Å². The van der Waals surface area contributed by atoms with Gasteiger partial charge in [-0.05, 0) is 27.7 Å². The summed E-state index contributed by atoms with van der Waals surface area (Å²) in [4.78, 5) is 12.2. The Hall–Kier alpha value is -2.76. The van der Waals surface area contributed by atoms with E-state index in [0.717, 1.165) is 34.9 Å². The molecule has 0 amide bonds. The van der Waals surface area contributed by atoms with E-state index in [1.165, 1.54) is 0 Å². The molecule has 5 nitrogen and oxygen atoms in total. The first kappa shape index (κ1) is 22.9. The molecule has 0 N–H and O–H groups in total. The Morgan fingerprint density at radius 3 is 2.06 bits per heavy atom. The average molecular weight is 420 g/mol. The summed E-state index contributed by atoms with van der Waals surface area (Å²) in [5.74, 6) is 0.856. The average Bonchev–Trinajstić information content (AvgIpc) is 2.81. The number of hydrogen-bond acceptors (Lipinski definition) is 5. The second-order valence-corrected chi connectivity index (χ2v) is 7.79. The Kier molecular flexibility index (Phi) is 8.56. The van der Waals surface area contributed by atoms with Crippen LogP contribution in [0.2, 0.25) is 0 Å². The maximum absolute atomic E-state index is 5.94. The SMILES string of the molecule is CCOCC(C)OCCN(c1cnc(-c2ccccc2)c(-c2ccccc2)n1)C(C)C. The number of nitrogens with zero attached hydrogens (tertiary/aromatic N) is 3. The fraction of sp³-hybridized carbons (Fsp3) is 0.385. The van der Waals surface area contributed by atoms with Gasteiger partial charge in [-0.15, -0.1) is 0 Å². The van der Waals surface area contributed by atoms with Crippen LogP contribution in [-0.4, -0.2) is 48.5 Å². The van der Waals surface area contributed by atoms with Gasteiger partial charge in [0, 0.05) is 30.3 Å². The highest BCUT2D eigenvalue weighted by atomic mass is 16.5. The smallest absolute Gasteiger partial charge is 0.148 e. The van der Waals surface area contributed by atoms with Crippen LogP contribution in [0, 0.1) is 0 Å². The highest BCUT2D eigenvalue weighted by molar-refractivity contribution is 5.78. The van der Waals surface area contributed by atoms with Gasteiger partial charge in [0.2, 0.25) is 0 Å². The topological polar surface area (TPSA) is 47.5 Å². The fourth-order valence-electron chi connectivity index (χ4n) is 3.44. The first-order chi connectivity index (χ1) is 15.1. The Labute approximate surface area is 186 Å². The van der Waals surface area contributed by atoms with E-state index >= 15 is 0 Å². The zero-order chi connectivity index (χ0) is 22.1. The monoisotopic (exact) mass is 419 g/mol. The number of rotatable bonds is 11. The molecule has 5 heteroatoms. The highest BCUT2D eigenvalue weighted by Gasteiger charge is 2.18. The van der Waals surface area contributed by atoms with E-state index in [2.05, 4.69) is 43.0 Å². The fourth-order valence-corrected chi connectivity index (χ4v) is 3.44. The van der Waals surface area contributed by atoms with Crippen molar-refractivity contribution in [1.29, 1.82) is 0 Å². The van der Waals surface area contributed by atoms with Gasteiger partial charge < -0.3 is 14.4 Å². The Morgan fingerprint density at radius 1 is 0.871 bits per heavy atom. The molecule has 3 rings (SSSR count). The molecule has 2 aromatic carbocycles. The van der Waals surface area contributed by atoms with Crippen molar-refractivity contribution >= 4 is 5.82 Å². The van der Waals surface area contributed by atoms with Crippen molar-refractivity contribution in [3.05, 3.63) is 66.9 Å². The molecule has 1 unspecified atom stereocenters.